The lowest BCUT2D eigenvalue weighted by Crippen LogP contribution is -2.29. The summed E-state index contributed by atoms with van der Waals surface area (Å²) in [4.78, 5) is 27.4. The second-order valence-corrected chi connectivity index (χ2v) is 7.69. The van der Waals surface area contributed by atoms with Crippen molar-refractivity contribution in [3.8, 4) is 0 Å². The molecule has 1 aromatic heterocycles. The number of nitrogens with zero attached hydrogens (tertiary/aromatic N) is 1. The molecule has 0 aliphatic carbocycles. The van der Waals surface area contributed by atoms with Gasteiger partial charge in [0.1, 0.15) is 11.5 Å². The Morgan fingerprint density at radius 1 is 1.00 bits per heavy atom. The van der Waals surface area contributed by atoms with Crippen molar-refractivity contribution in [3.05, 3.63) is 101 Å². The third-order valence-electron chi connectivity index (χ3n) is 5.41. The molecule has 4 rings (SSSR count). The molecule has 1 unspecified atom stereocenters. The zero-order valence-electron chi connectivity index (χ0n) is 16.9. The summed E-state index contributed by atoms with van der Waals surface area (Å²) < 4.78 is 5.41. The summed E-state index contributed by atoms with van der Waals surface area (Å²) in [6.07, 6.45) is 1.53. The Kier molecular flexibility index (Phi) is 5.27. The maximum Gasteiger partial charge on any atom is 0.296 e. The number of carbonyl (C=O) groups is 2. The molecule has 1 saturated heterocycles. The van der Waals surface area contributed by atoms with Crippen LogP contribution in [0.1, 0.15) is 48.3 Å². The standard InChI is InChI=1S/C25H23NO4/c1-16(2)17-10-12-18(13-11-17)22-21(23(27)19-7-4-3-5-8-19)24(28)25(29)26(22)15-20-9-6-14-30-20/h3-14,16,22,27H,15H2,1-2H3. The third kappa shape index (κ3) is 3.54. The minimum atomic E-state index is -0.698. The van der Waals surface area contributed by atoms with Crippen LogP contribution in [-0.4, -0.2) is 21.7 Å². The SMILES string of the molecule is CC(C)c1ccc(C2C(=C(O)c3ccccc3)C(=O)C(=O)N2Cc2ccco2)cc1. The molecular weight excluding hydrogens is 378 g/mol. The number of rotatable bonds is 5. The molecule has 1 aliphatic rings. The van der Waals surface area contributed by atoms with Gasteiger partial charge in [0, 0.05) is 5.56 Å². The van der Waals surface area contributed by atoms with Crippen LogP contribution in [0.2, 0.25) is 0 Å². The van der Waals surface area contributed by atoms with Gasteiger partial charge in [0.15, 0.2) is 0 Å². The number of carbonyl (C=O) groups excluding carboxylic acids is 2. The average Bonchev–Trinajstić information content (AvgIpc) is 3.36. The number of hydrogen-bond acceptors (Lipinski definition) is 4. The van der Waals surface area contributed by atoms with E-state index in [-0.39, 0.29) is 17.9 Å². The average molecular weight is 401 g/mol. The van der Waals surface area contributed by atoms with Crippen molar-refractivity contribution in [3.63, 3.8) is 0 Å². The second-order valence-electron chi connectivity index (χ2n) is 7.69. The van der Waals surface area contributed by atoms with Crippen molar-refractivity contribution in [2.45, 2.75) is 32.4 Å². The van der Waals surface area contributed by atoms with Gasteiger partial charge in [0.05, 0.1) is 24.4 Å². The predicted octanol–water partition coefficient (Wildman–Crippen LogP) is 5.02. The topological polar surface area (TPSA) is 70.8 Å². The number of aliphatic hydroxyl groups is 1. The summed E-state index contributed by atoms with van der Waals surface area (Å²) in [6.45, 7) is 4.35. The van der Waals surface area contributed by atoms with Crippen LogP contribution >= 0.6 is 0 Å². The van der Waals surface area contributed by atoms with Gasteiger partial charge < -0.3 is 14.4 Å². The summed E-state index contributed by atoms with van der Waals surface area (Å²) in [5, 5.41) is 11.0. The van der Waals surface area contributed by atoms with E-state index in [0.717, 1.165) is 11.1 Å². The Hall–Kier alpha value is -3.60. The fourth-order valence-electron chi connectivity index (χ4n) is 3.77. The Morgan fingerprint density at radius 3 is 2.30 bits per heavy atom. The normalized spacial score (nSPS) is 18.4. The molecule has 2 aromatic carbocycles. The van der Waals surface area contributed by atoms with Crippen molar-refractivity contribution in [1.82, 2.24) is 4.90 Å². The Morgan fingerprint density at radius 2 is 1.70 bits per heavy atom. The lowest BCUT2D eigenvalue weighted by molar-refractivity contribution is -0.140. The number of Topliss-reactive ketones (excluding diaryl/α,β-unsaturated/α-hetero) is 1. The van der Waals surface area contributed by atoms with E-state index in [2.05, 4.69) is 13.8 Å². The van der Waals surface area contributed by atoms with Gasteiger partial charge in [-0.1, -0.05) is 68.4 Å². The summed E-state index contributed by atoms with van der Waals surface area (Å²) in [5.41, 5.74) is 2.51. The molecule has 0 spiro atoms. The van der Waals surface area contributed by atoms with Crippen LogP contribution in [0.4, 0.5) is 0 Å². The molecule has 0 saturated carbocycles. The van der Waals surface area contributed by atoms with Crippen LogP contribution in [0.5, 0.6) is 0 Å². The molecule has 152 valence electrons. The van der Waals surface area contributed by atoms with Gasteiger partial charge in [0.2, 0.25) is 0 Å². The van der Waals surface area contributed by atoms with Gasteiger partial charge in [-0.2, -0.15) is 0 Å². The number of benzene rings is 2. The minimum absolute atomic E-state index is 0.0926. The number of amides is 1. The highest BCUT2D eigenvalue weighted by Gasteiger charge is 2.46. The number of likely N-dealkylation sites (tertiary alicyclic amines) is 1. The van der Waals surface area contributed by atoms with Crippen molar-refractivity contribution < 1.29 is 19.1 Å². The first kappa shape index (κ1) is 19.7. The highest BCUT2D eigenvalue weighted by atomic mass is 16.3. The van der Waals surface area contributed by atoms with Crippen LogP contribution in [0, 0.1) is 0 Å². The van der Waals surface area contributed by atoms with Gasteiger partial charge in [-0.3, -0.25) is 9.59 Å². The quantitative estimate of drug-likeness (QED) is 0.370. The zero-order chi connectivity index (χ0) is 21.3. The summed E-state index contributed by atoms with van der Waals surface area (Å²) in [7, 11) is 0. The van der Waals surface area contributed by atoms with E-state index in [4.69, 9.17) is 4.42 Å². The lowest BCUT2D eigenvalue weighted by atomic mass is 9.93. The van der Waals surface area contributed by atoms with E-state index in [1.807, 2.05) is 30.3 Å². The van der Waals surface area contributed by atoms with Crippen molar-refractivity contribution in [1.29, 1.82) is 0 Å². The molecule has 0 radical (unpaired) electrons. The van der Waals surface area contributed by atoms with Crippen LogP contribution in [0.15, 0.2) is 83.0 Å². The number of hydrogen-bond donors (Lipinski definition) is 1. The summed E-state index contributed by atoms with van der Waals surface area (Å²) in [6, 6.07) is 19.4. The highest BCUT2D eigenvalue weighted by Crippen LogP contribution is 2.40. The molecular formula is C25H23NO4. The first-order valence-corrected chi connectivity index (χ1v) is 9.93. The maximum absolute atomic E-state index is 13.0. The van der Waals surface area contributed by atoms with E-state index in [1.54, 1.807) is 36.4 Å². The monoisotopic (exact) mass is 401 g/mol. The number of aliphatic hydroxyl groups excluding tert-OH is 1. The highest BCUT2D eigenvalue weighted by molar-refractivity contribution is 6.46. The van der Waals surface area contributed by atoms with Gasteiger partial charge in [-0.25, -0.2) is 0 Å². The molecule has 0 bridgehead atoms. The Bertz CT molecular complexity index is 1080. The third-order valence-corrected chi connectivity index (χ3v) is 5.41. The lowest BCUT2D eigenvalue weighted by Gasteiger charge is -2.25. The molecule has 30 heavy (non-hydrogen) atoms. The van der Waals surface area contributed by atoms with Gasteiger partial charge in [-0.05, 0) is 29.2 Å². The van der Waals surface area contributed by atoms with Crippen LogP contribution in [-0.2, 0) is 16.1 Å². The van der Waals surface area contributed by atoms with Gasteiger partial charge in [-0.15, -0.1) is 0 Å². The smallest absolute Gasteiger partial charge is 0.296 e. The van der Waals surface area contributed by atoms with Crippen molar-refractivity contribution in [2.75, 3.05) is 0 Å². The first-order chi connectivity index (χ1) is 14.5. The van der Waals surface area contributed by atoms with Crippen molar-refractivity contribution >= 4 is 17.4 Å². The van der Waals surface area contributed by atoms with Crippen LogP contribution < -0.4 is 0 Å². The molecule has 2 heterocycles. The minimum Gasteiger partial charge on any atom is -0.507 e. The summed E-state index contributed by atoms with van der Waals surface area (Å²) in [5.74, 6) is -0.588. The molecule has 1 amide bonds. The fourth-order valence-corrected chi connectivity index (χ4v) is 3.77. The molecule has 1 atom stereocenters. The maximum atomic E-state index is 13.0. The van der Waals surface area contributed by atoms with Crippen LogP contribution in [0.25, 0.3) is 5.76 Å². The Balaban J connectivity index is 1.85. The number of ketones is 1. The van der Waals surface area contributed by atoms with E-state index in [1.165, 1.54) is 11.2 Å². The second kappa shape index (κ2) is 8.03. The van der Waals surface area contributed by atoms with E-state index < -0.39 is 17.7 Å². The van der Waals surface area contributed by atoms with Gasteiger partial charge in [0.25, 0.3) is 11.7 Å². The van der Waals surface area contributed by atoms with Crippen molar-refractivity contribution in [2.24, 2.45) is 0 Å². The molecule has 5 nitrogen and oxygen atoms in total. The van der Waals surface area contributed by atoms with Gasteiger partial charge >= 0.3 is 0 Å². The predicted molar refractivity (Wildman–Crippen MR) is 114 cm³/mol. The number of furan rings is 1. The molecule has 1 aliphatic heterocycles. The fraction of sp³-hybridized carbons (Fsp3) is 0.200. The molecule has 1 N–H and O–H groups in total. The van der Waals surface area contributed by atoms with Crippen LogP contribution in [0.3, 0.4) is 0 Å². The Labute approximate surface area is 175 Å². The van der Waals surface area contributed by atoms with E-state index in [9.17, 15) is 14.7 Å². The summed E-state index contributed by atoms with van der Waals surface area (Å²) >= 11 is 0. The van der Waals surface area contributed by atoms with E-state index >= 15 is 0 Å². The first-order valence-electron chi connectivity index (χ1n) is 9.93. The molecule has 1 fully saturated rings. The zero-order valence-corrected chi connectivity index (χ0v) is 16.9. The molecule has 3 aromatic rings. The largest absolute Gasteiger partial charge is 0.507 e. The van der Waals surface area contributed by atoms with E-state index in [0.29, 0.717) is 17.2 Å². The molecule has 5 heteroatoms.